The molecule has 0 heterocycles. The predicted molar refractivity (Wildman–Crippen MR) is 57.8 cm³/mol. The van der Waals surface area contributed by atoms with Crippen LogP contribution in [0, 0.1) is 10.1 Å². The van der Waals surface area contributed by atoms with Crippen LogP contribution in [-0.4, -0.2) is 16.6 Å². The van der Waals surface area contributed by atoms with Gasteiger partial charge in [0.05, 0.1) is 11.5 Å². The zero-order valence-electron chi connectivity index (χ0n) is 8.56. The van der Waals surface area contributed by atoms with E-state index in [1.165, 1.54) is 6.07 Å². The van der Waals surface area contributed by atoms with E-state index in [0.29, 0.717) is 17.8 Å². The molecule has 0 aromatic heterocycles. The average molecular weight is 210 g/mol. The first-order valence-electron chi connectivity index (χ1n) is 4.81. The van der Waals surface area contributed by atoms with Crippen LogP contribution in [0.25, 0.3) is 0 Å². The number of benzene rings is 1. The number of para-hydroxylation sites is 1. The third-order valence-corrected chi connectivity index (χ3v) is 2.05. The Bertz CT molecular complexity index is 353. The largest absolute Gasteiger partial charge is 0.392 e. The lowest BCUT2D eigenvalue weighted by Gasteiger charge is -2.09. The molecule has 0 unspecified atom stereocenters. The minimum Gasteiger partial charge on any atom is -0.392 e. The van der Waals surface area contributed by atoms with Crippen molar-refractivity contribution in [3.63, 3.8) is 0 Å². The van der Waals surface area contributed by atoms with Gasteiger partial charge in [-0.25, -0.2) is 0 Å². The van der Waals surface area contributed by atoms with E-state index in [1.807, 2.05) is 6.92 Å². The van der Waals surface area contributed by atoms with E-state index in [2.05, 4.69) is 5.32 Å². The number of rotatable bonds is 5. The molecule has 0 saturated carbocycles. The lowest BCUT2D eigenvalue weighted by atomic mass is 10.1. The van der Waals surface area contributed by atoms with Crippen LogP contribution in [0.1, 0.15) is 18.9 Å². The molecule has 82 valence electrons. The van der Waals surface area contributed by atoms with Crippen LogP contribution in [-0.2, 0) is 6.61 Å². The van der Waals surface area contributed by atoms with Crippen LogP contribution < -0.4 is 5.32 Å². The first-order chi connectivity index (χ1) is 7.20. The molecule has 0 aliphatic heterocycles. The van der Waals surface area contributed by atoms with E-state index in [-0.39, 0.29) is 12.3 Å². The van der Waals surface area contributed by atoms with Gasteiger partial charge in [0.15, 0.2) is 0 Å². The summed E-state index contributed by atoms with van der Waals surface area (Å²) < 4.78 is 0. The minimum absolute atomic E-state index is 0.00926. The number of hydrogen-bond donors (Lipinski definition) is 2. The number of hydrogen-bond acceptors (Lipinski definition) is 4. The van der Waals surface area contributed by atoms with Crippen molar-refractivity contribution in [1.29, 1.82) is 0 Å². The fourth-order valence-corrected chi connectivity index (χ4v) is 1.32. The second-order valence-corrected chi connectivity index (χ2v) is 3.15. The Hall–Kier alpha value is -1.62. The van der Waals surface area contributed by atoms with Crippen molar-refractivity contribution in [2.45, 2.75) is 20.0 Å². The Morgan fingerprint density at radius 1 is 1.53 bits per heavy atom. The number of nitrogens with zero attached hydrogens (tertiary/aromatic N) is 1. The standard InChI is InChI=1S/C10H14N2O3/c1-2-6-11-10-8(7-13)4-3-5-9(10)12(14)15/h3-5,11,13H,2,6-7H2,1H3. The summed E-state index contributed by atoms with van der Waals surface area (Å²) in [6, 6.07) is 4.67. The molecule has 0 saturated heterocycles. The summed E-state index contributed by atoms with van der Waals surface area (Å²) in [6.07, 6.45) is 0.872. The fourth-order valence-electron chi connectivity index (χ4n) is 1.32. The maximum Gasteiger partial charge on any atom is 0.292 e. The zero-order chi connectivity index (χ0) is 11.3. The van der Waals surface area contributed by atoms with Crippen molar-refractivity contribution in [1.82, 2.24) is 0 Å². The number of anilines is 1. The SMILES string of the molecule is CCCNc1c(CO)cccc1[N+](=O)[O-]. The maximum absolute atomic E-state index is 10.7. The smallest absolute Gasteiger partial charge is 0.292 e. The molecule has 1 aromatic rings. The maximum atomic E-state index is 10.7. The van der Waals surface area contributed by atoms with Crippen molar-refractivity contribution in [3.05, 3.63) is 33.9 Å². The third kappa shape index (κ3) is 2.66. The molecule has 0 aliphatic carbocycles. The molecule has 5 heteroatoms. The highest BCUT2D eigenvalue weighted by Gasteiger charge is 2.15. The van der Waals surface area contributed by atoms with Crippen LogP contribution >= 0.6 is 0 Å². The highest BCUT2D eigenvalue weighted by atomic mass is 16.6. The monoisotopic (exact) mass is 210 g/mol. The van der Waals surface area contributed by atoms with Crippen LogP contribution in [0.4, 0.5) is 11.4 Å². The topological polar surface area (TPSA) is 75.4 Å². The second-order valence-electron chi connectivity index (χ2n) is 3.15. The van der Waals surface area contributed by atoms with Gasteiger partial charge in [-0.05, 0) is 6.42 Å². The van der Waals surface area contributed by atoms with Gasteiger partial charge in [-0.3, -0.25) is 10.1 Å². The molecule has 0 amide bonds. The molecule has 0 radical (unpaired) electrons. The van der Waals surface area contributed by atoms with E-state index in [1.54, 1.807) is 12.1 Å². The van der Waals surface area contributed by atoms with Gasteiger partial charge in [0.2, 0.25) is 0 Å². The van der Waals surface area contributed by atoms with Crippen LogP contribution in [0.5, 0.6) is 0 Å². The van der Waals surface area contributed by atoms with Crippen molar-refractivity contribution in [3.8, 4) is 0 Å². The molecule has 0 bridgehead atoms. The molecule has 2 N–H and O–H groups in total. The van der Waals surface area contributed by atoms with E-state index >= 15 is 0 Å². The van der Waals surface area contributed by atoms with E-state index < -0.39 is 4.92 Å². The number of nitrogens with one attached hydrogen (secondary N) is 1. The van der Waals surface area contributed by atoms with Gasteiger partial charge < -0.3 is 10.4 Å². The van der Waals surface area contributed by atoms with Gasteiger partial charge >= 0.3 is 0 Å². The predicted octanol–water partition coefficient (Wildman–Crippen LogP) is 1.91. The van der Waals surface area contributed by atoms with Crippen LogP contribution in [0.3, 0.4) is 0 Å². The van der Waals surface area contributed by atoms with Gasteiger partial charge in [-0.1, -0.05) is 19.1 Å². The quantitative estimate of drug-likeness (QED) is 0.575. The lowest BCUT2D eigenvalue weighted by molar-refractivity contribution is -0.384. The molecule has 0 atom stereocenters. The van der Waals surface area contributed by atoms with Crippen molar-refractivity contribution >= 4 is 11.4 Å². The normalized spacial score (nSPS) is 10.0. The summed E-state index contributed by atoms with van der Waals surface area (Å²) in [6.45, 7) is 2.42. The average Bonchev–Trinajstić information content (AvgIpc) is 2.25. The van der Waals surface area contributed by atoms with E-state index in [4.69, 9.17) is 5.11 Å². The van der Waals surface area contributed by atoms with Gasteiger partial charge in [0, 0.05) is 18.2 Å². The summed E-state index contributed by atoms with van der Waals surface area (Å²) in [5.74, 6) is 0. The Morgan fingerprint density at radius 3 is 2.80 bits per heavy atom. The summed E-state index contributed by atoms with van der Waals surface area (Å²) in [4.78, 5) is 10.3. The molecular weight excluding hydrogens is 196 g/mol. The van der Waals surface area contributed by atoms with Crippen LogP contribution in [0.15, 0.2) is 18.2 Å². The van der Waals surface area contributed by atoms with Gasteiger partial charge in [-0.2, -0.15) is 0 Å². The number of nitro benzene ring substituents is 1. The van der Waals surface area contributed by atoms with Crippen LogP contribution in [0.2, 0.25) is 0 Å². The molecule has 1 rings (SSSR count). The van der Waals surface area contributed by atoms with Crippen molar-refractivity contribution < 1.29 is 10.0 Å². The van der Waals surface area contributed by atoms with Gasteiger partial charge in [0.25, 0.3) is 5.69 Å². The molecule has 5 nitrogen and oxygen atoms in total. The van der Waals surface area contributed by atoms with E-state index in [9.17, 15) is 10.1 Å². The van der Waals surface area contributed by atoms with Crippen molar-refractivity contribution in [2.24, 2.45) is 0 Å². The molecule has 0 fully saturated rings. The number of aliphatic hydroxyl groups excluding tert-OH is 1. The number of nitro groups is 1. The first-order valence-corrected chi connectivity index (χ1v) is 4.81. The van der Waals surface area contributed by atoms with Gasteiger partial charge in [-0.15, -0.1) is 0 Å². The third-order valence-electron chi connectivity index (χ3n) is 2.05. The van der Waals surface area contributed by atoms with Gasteiger partial charge in [0.1, 0.15) is 5.69 Å². The second kappa shape index (κ2) is 5.31. The molecule has 1 aromatic carbocycles. The Kier molecular flexibility index (Phi) is 4.05. The molecular formula is C10H14N2O3. The highest BCUT2D eigenvalue weighted by Crippen LogP contribution is 2.28. The Balaban J connectivity index is 3.08. The first kappa shape index (κ1) is 11.5. The summed E-state index contributed by atoms with van der Waals surface area (Å²) in [5, 5.41) is 22.8. The highest BCUT2D eigenvalue weighted by molar-refractivity contribution is 5.66. The Labute approximate surface area is 87.9 Å². The lowest BCUT2D eigenvalue weighted by Crippen LogP contribution is -2.06. The minimum atomic E-state index is -0.447. The molecule has 0 aliphatic rings. The summed E-state index contributed by atoms with van der Waals surface area (Å²) in [7, 11) is 0. The number of aliphatic hydroxyl groups is 1. The fraction of sp³-hybridized carbons (Fsp3) is 0.400. The zero-order valence-corrected chi connectivity index (χ0v) is 8.56. The molecule has 0 spiro atoms. The van der Waals surface area contributed by atoms with Crippen molar-refractivity contribution in [2.75, 3.05) is 11.9 Å². The molecule has 15 heavy (non-hydrogen) atoms. The Morgan fingerprint density at radius 2 is 2.27 bits per heavy atom. The summed E-state index contributed by atoms with van der Waals surface area (Å²) >= 11 is 0. The summed E-state index contributed by atoms with van der Waals surface area (Å²) in [5.41, 5.74) is 0.986. The van der Waals surface area contributed by atoms with E-state index in [0.717, 1.165) is 6.42 Å².